The van der Waals surface area contributed by atoms with Gasteiger partial charge in [-0.25, -0.2) is 0 Å². The van der Waals surface area contributed by atoms with Crippen LogP contribution in [0.15, 0.2) is 58.3 Å². The molecular weight excluding hydrogens is 420 g/mol. The lowest BCUT2D eigenvalue weighted by molar-refractivity contribution is -0.131. The van der Waals surface area contributed by atoms with Gasteiger partial charge >= 0.3 is 0 Å². The number of rotatable bonds is 8. The van der Waals surface area contributed by atoms with Crippen LogP contribution >= 0.6 is 11.8 Å². The van der Waals surface area contributed by atoms with Crippen LogP contribution in [0, 0.1) is 11.8 Å². The first-order valence-electron chi connectivity index (χ1n) is 11.5. The van der Waals surface area contributed by atoms with Crippen molar-refractivity contribution in [2.24, 2.45) is 11.8 Å². The number of amides is 1. The molecule has 2 aromatic heterocycles. The van der Waals surface area contributed by atoms with Crippen molar-refractivity contribution in [2.75, 3.05) is 13.1 Å². The number of carbonyl (C=O) groups excluding carboxylic acids is 1. The number of hydrogen-bond donors (Lipinski definition) is 0. The molecule has 3 aromatic rings. The van der Waals surface area contributed by atoms with Crippen molar-refractivity contribution in [2.45, 2.75) is 57.0 Å². The molecule has 7 heteroatoms. The summed E-state index contributed by atoms with van der Waals surface area (Å²) in [7, 11) is 0. The Balaban J connectivity index is 1.37. The molecule has 1 atom stereocenters. The van der Waals surface area contributed by atoms with Crippen molar-refractivity contribution in [3.63, 3.8) is 0 Å². The Morgan fingerprint density at radius 1 is 1.09 bits per heavy atom. The number of carbonyl (C=O) groups is 1. The minimum absolute atomic E-state index is 0.187. The molecule has 1 unspecified atom stereocenters. The molecule has 0 saturated carbocycles. The van der Waals surface area contributed by atoms with E-state index in [0.717, 1.165) is 44.1 Å². The molecule has 1 aliphatic heterocycles. The molecule has 4 rings (SSSR count). The predicted octanol–water partition coefficient (Wildman–Crippen LogP) is 5.16. The Labute approximate surface area is 194 Å². The van der Waals surface area contributed by atoms with E-state index in [2.05, 4.69) is 58.9 Å². The standard InChI is InChI=1S/C25H32N4O2S/c1-18(2)17-29-23(22-10-7-15-31-22)26-27-25(29)32-19(3)24(30)28-13-11-21(12-14-28)16-20-8-5-4-6-9-20/h4-10,15,18-19,21H,11-14,16-17H2,1-3H3. The summed E-state index contributed by atoms with van der Waals surface area (Å²) in [5.74, 6) is 2.67. The maximum Gasteiger partial charge on any atom is 0.235 e. The van der Waals surface area contributed by atoms with Crippen molar-refractivity contribution >= 4 is 17.7 Å². The van der Waals surface area contributed by atoms with Gasteiger partial charge in [0.25, 0.3) is 0 Å². The summed E-state index contributed by atoms with van der Waals surface area (Å²) in [5, 5.41) is 9.32. The summed E-state index contributed by atoms with van der Waals surface area (Å²) < 4.78 is 7.62. The Morgan fingerprint density at radius 3 is 2.50 bits per heavy atom. The minimum atomic E-state index is -0.208. The number of benzene rings is 1. The number of thioether (sulfide) groups is 1. The van der Waals surface area contributed by atoms with E-state index < -0.39 is 0 Å². The monoisotopic (exact) mass is 452 g/mol. The maximum absolute atomic E-state index is 13.2. The first-order valence-corrected chi connectivity index (χ1v) is 12.4. The molecule has 0 spiro atoms. The molecule has 3 heterocycles. The van der Waals surface area contributed by atoms with E-state index in [-0.39, 0.29) is 11.2 Å². The van der Waals surface area contributed by atoms with E-state index in [1.165, 1.54) is 17.3 Å². The zero-order chi connectivity index (χ0) is 22.5. The van der Waals surface area contributed by atoms with Crippen LogP contribution in [0.2, 0.25) is 0 Å². The van der Waals surface area contributed by atoms with Crippen molar-refractivity contribution < 1.29 is 9.21 Å². The Hall–Kier alpha value is -2.54. The quantitative estimate of drug-likeness (QED) is 0.442. The van der Waals surface area contributed by atoms with Gasteiger partial charge in [0.05, 0.1) is 11.5 Å². The van der Waals surface area contributed by atoms with E-state index in [1.807, 2.05) is 24.0 Å². The van der Waals surface area contributed by atoms with Gasteiger partial charge in [0, 0.05) is 19.6 Å². The van der Waals surface area contributed by atoms with Gasteiger partial charge in [-0.1, -0.05) is 55.9 Å². The lowest BCUT2D eigenvalue weighted by atomic mass is 9.90. The van der Waals surface area contributed by atoms with E-state index >= 15 is 0 Å². The number of piperidine rings is 1. The summed E-state index contributed by atoms with van der Waals surface area (Å²) >= 11 is 1.49. The number of furan rings is 1. The van der Waals surface area contributed by atoms with Gasteiger partial charge in [-0.3, -0.25) is 9.36 Å². The smallest absolute Gasteiger partial charge is 0.235 e. The third kappa shape index (κ3) is 5.44. The van der Waals surface area contributed by atoms with Crippen molar-refractivity contribution in [3.8, 4) is 11.6 Å². The third-order valence-electron chi connectivity index (χ3n) is 5.93. The van der Waals surface area contributed by atoms with Crippen LogP contribution in [-0.2, 0) is 17.8 Å². The SMILES string of the molecule is CC(C)Cn1c(SC(C)C(=O)N2CCC(Cc3ccccc3)CC2)nnc1-c1ccco1. The van der Waals surface area contributed by atoms with Gasteiger partial charge in [0.15, 0.2) is 16.7 Å². The van der Waals surface area contributed by atoms with Crippen LogP contribution in [0.3, 0.4) is 0 Å². The maximum atomic E-state index is 13.2. The van der Waals surface area contributed by atoms with Gasteiger partial charge in [-0.15, -0.1) is 10.2 Å². The summed E-state index contributed by atoms with van der Waals surface area (Å²) in [6.07, 6.45) is 4.86. The normalized spacial score (nSPS) is 15.9. The second-order valence-corrected chi connectivity index (χ2v) is 10.3. The topological polar surface area (TPSA) is 64.2 Å². The fourth-order valence-electron chi connectivity index (χ4n) is 4.26. The van der Waals surface area contributed by atoms with Crippen molar-refractivity contribution in [3.05, 3.63) is 54.3 Å². The zero-order valence-electron chi connectivity index (χ0n) is 19.1. The van der Waals surface area contributed by atoms with Crippen LogP contribution in [0.1, 0.15) is 39.2 Å². The highest BCUT2D eigenvalue weighted by Gasteiger charge is 2.28. The zero-order valence-corrected chi connectivity index (χ0v) is 19.9. The molecule has 1 aliphatic rings. The lowest BCUT2D eigenvalue weighted by Gasteiger charge is -2.33. The van der Waals surface area contributed by atoms with Crippen LogP contribution in [0.5, 0.6) is 0 Å². The second kappa shape index (κ2) is 10.4. The minimum Gasteiger partial charge on any atom is -0.461 e. The first-order chi connectivity index (χ1) is 15.5. The number of aromatic nitrogens is 3. The Bertz CT molecular complexity index is 992. The van der Waals surface area contributed by atoms with Crippen LogP contribution in [0.25, 0.3) is 11.6 Å². The molecule has 0 radical (unpaired) electrons. The van der Waals surface area contributed by atoms with Gasteiger partial charge in [0.1, 0.15) is 0 Å². The molecule has 32 heavy (non-hydrogen) atoms. The molecule has 6 nitrogen and oxygen atoms in total. The summed E-state index contributed by atoms with van der Waals surface area (Å²) in [5.41, 5.74) is 1.39. The van der Waals surface area contributed by atoms with E-state index in [9.17, 15) is 4.79 Å². The molecule has 0 bridgehead atoms. The molecule has 1 saturated heterocycles. The average Bonchev–Trinajstić information content (AvgIpc) is 3.45. The molecule has 170 valence electrons. The van der Waals surface area contributed by atoms with E-state index in [1.54, 1.807) is 6.26 Å². The van der Waals surface area contributed by atoms with Gasteiger partial charge in [-0.2, -0.15) is 0 Å². The van der Waals surface area contributed by atoms with Crippen molar-refractivity contribution in [1.82, 2.24) is 19.7 Å². The Kier molecular flexibility index (Phi) is 7.35. The second-order valence-electron chi connectivity index (χ2n) is 9.01. The highest BCUT2D eigenvalue weighted by Crippen LogP contribution is 2.30. The van der Waals surface area contributed by atoms with Gasteiger partial charge in [0.2, 0.25) is 5.91 Å². The molecule has 0 N–H and O–H groups in total. The highest BCUT2D eigenvalue weighted by molar-refractivity contribution is 8.00. The highest BCUT2D eigenvalue weighted by atomic mass is 32.2. The number of hydrogen-bond acceptors (Lipinski definition) is 5. The third-order valence-corrected chi connectivity index (χ3v) is 7.00. The molecule has 0 aliphatic carbocycles. The van der Waals surface area contributed by atoms with Crippen LogP contribution in [0.4, 0.5) is 0 Å². The molecular formula is C25H32N4O2S. The summed E-state index contributed by atoms with van der Waals surface area (Å²) in [4.78, 5) is 15.2. The van der Waals surface area contributed by atoms with Crippen LogP contribution < -0.4 is 0 Å². The first kappa shape index (κ1) is 22.6. The average molecular weight is 453 g/mol. The fourth-order valence-corrected chi connectivity index (χ4v) is 5.21. The van der Waals surface area contributed by atoms with Crippen LogP contribution in [-0.4, -0.2) is 43.9 Å². The Morgan fingerprint density at radius 2 is 1.84 bits per heavy atom. The summed E-state index contributed by atoms with van der Waals surface area (Å²) in [6.45, 7) is 8.74. The van der Waals surface area contributed by atoms with Crippen molar-refractivity contribution in [1.29, 1.82) is 0 Å². The molecule has 1 aromatic carbocycles. The van der Waals surface area contributed by atoms with Gasteiger partial charge in [-0.05, 0) is 55.7 Å². The molecule has 1 fully saturated rings. The predicted molar refractivity (Wildman–Crippen MR) is 127 cm³/mol. The lowest BCUT2D eigenvalue weighted by Crippen LogP contribution is -2.42. The number of nitrogens with zero attached hydrogens (tertiary/aromatic N) is 4. The van der Waals surface area contributed by atoms with E-state index in [4.69, 9.17) is 4.42 Å². The van der Waals surface area contributed by atoms with E-state index in [0.29, 0.717) is 23.4 Å². The summed E-state index contributed by atoms with van der Waals surface area (Å²) in [6, 6.07) is 14.4. The fraction of sp³-hybridized carbons (Fsp3) is 0.480. The molecule has 1 amide bonds. The number of likely N-dealkylation sites (tertiary alicyclic amines) is 1. The van der Waals surface area contributed by atoms with Gasteiger partial charge < -0.3 is 9.32 Å². The largest absolute Gasteiger partial charge is 0.461 e.